The summed E-state index contributed by atoms with van der Waals surface area (Å²) in [7, 11) is 1.39. The van der Waals surface area contributed by atoms with Crippen molar-refractivity contribution in [2.24, 2.45) is 0 Å². The molecule has 1 aliphatic heterocycles. The standard InChI is InChI=1S/C26H26FN5O5/c1-26(2,3)37-25(34)31-10-11-36-19-9-8-15(12-16(19)14-31)22-23-18(28-29-22)13-21(33)32(30-23)24-17(27)6-5-7-20(24)35-4/h5-9,12-13,28H,10-11,14H2,1-4H3. The van der Waals surface area contributed by atoms with Gasteiger partial charge >= 0.3 is 6.09 Å². The lowest BCUT2D eigenvalue weighted by molar-refractivity contribution is 0.0225. The summed E-state index contributed by atoms with van der Waals surface area (Å²) >= 11 is 0. The highest BCUT2D eigenvalue weighted by atomic mass is 19.1. The number of nitrogens with one attached hydrogen (secondary N) is 1. The number of halogens is 1. The van der Waals surface area contributed by atoms with Gasteiger partial charge in [-0.25, -0.2) is 9.18 Å². The highest BCUT2D eigenvalue weighted by Crippen LogP contribution is 2.32. The number of rotatable bonds is 3. The van der Waals surface area contributed by atoms with E-state index in [0.29, 0.717) is 41.2 Å². The Morgan fingerprint density at radius 2 is 2.00 bits per heavy atom. The predicted octanol–water partition coefficient (Wildman–Crippen LogP) is 4.05. The first kappa shape index (κ1) is 24.3. The van der Waals surface area contributed by atoms with E-state index in [9.17, 15) is 14.0 Å². The molecule has 5 rings (SSSR count). The van der Waals surface area contributed by atoms with Crippen LogP contribution in [0.3, 0.4) is 0 Å². The van der Waals surface area contributed by atoms with Gasteiger partial charge < -0.3 is 19.1 Å². The molecule has 1 aliphatic rings. The maximum Gasteiger partial charge on any atom is 0.410 e. The van der Waals surface area contributed by atoms with Crippen LogP contribution in [0.25, 0.3) is 28.0 Å². The van der Waals surface area contributed by atoms with Crippen LogP contribution < -0.4 is 15.0 Å². The Morgan fingerprint density at radius 1 is 1.19 bits per heavy atom. The summed E-state index contributed by atoms with van der Waals surface area (Å²) in [5, 5.41) is 11.6. The number of amides is 1. The molecule has 0 atom stereocenters. The number of aromatic nitrogens is 4. The molecule has 1 amide bonds. The summed E-state index contributed by atoms with van der Waals surface area (Å²) in [6.45, 7) is 6.44. The second kappa shape index (κ2) is 9.23. The zero-order valence-electron chi connectivity index (χ0n) is 20.9. The van der Waals surface area contributed by atoms with Gasteiger partial charge in [-0.1, -0.05) is 6.07 Å². The van der Waals surface area contributed by atoms with Crippen LogP contribution in [0.15, 0.2) is 47.3 Å². The summed E-state index contributed by atoms with van der Waals surface area (Å²) in [6, 6.07) is 11.1. The number of aromatic amines is 1. The Balaban J connectivity index is 1.56. The number of carbonyl (C=O) groups excluding carboxylic acids is 1. The van der Waals surface area contributed by atoms with Gasteiger partial charge in [0.25, 0.3) is 5.56 Å². The molecule has 37 heavy (non-hydrogen) atoms. The molecule has 0 radical (unpaired) electrons. The number of para-hydroxylation sites is 1. The van der Waals surface area contributed by atoms with Crippen LogP contribution in [0.2, 0.25) is 0 Å². The number of hydrogen-bond donors (Lipinski definition) is 1. The molecule has 0 aliphatic carbocycles. The van der Waals surface area contributed by atoms with Crippen LogP contribution in [-0.4, -0.2) is 56.8 Å². The van der Waals surface area contributed by atoms with Gasteiger partial charge in [-0.3, -0.25) is 9.89 Å². The second-order valence-electron chi connectivity index (χ2n) is 9.59. The highest BCUT2D eigenvalue weighted by molar-refractivity contribution is 5.89. The van der Waals surface area contributed by atoms with E-state index in [0.717, 1.165) is 10.2 Å². The van der Waals surface area contributed by atoms with Crippen LogP contribution in [0.5, 0.6) is 11.5 Å². The molecule has 0 bridgehead atoms. The molecule has 2 aromatic heterocycles. The van der Waals surface area contributed by atoms with Crippen molar-refractivity contribution in [1.82, 2.24) is 24.9 Å². The van der Waals surface area contributed by atoms with Crippen molar-refractivity contribution < 1.29 is 23.4 Å². The summed E-state index contributed by atoms with van der Waals surface area (Å²) < 4.78 is 32.3. The Kier molecular flexibility index (Phi) is 6.06. The zero-order chi connectivity index (χ0) is 26.3. The molecule has 2 aromatic carbocycles. The topological polar surface area (TPSA) is 112 Å². The normalized spacial score (nSPS) is 13.6. The number of ether oxygens (including phenoxy) is 3. The third kappa shape index (κ3) is 4.72. The number of nitrogens with zero attached hydrogens (tertiary/aromatic N) is 4. The van der Waals surface area contributed by atoms with Crippen molar-refractivity contribution in [1.29, 1.82) is 0 Å². The largest absolute Gasteiger partial charge is 0.494 e. The van der Waals surface area contributed by atoms with Crippen molar-refractivity contribution >= 4 is 17.1 Å². The molecule has 11 heteroatoms. The van der Waals surface area contributed by atoms with E-state index in [4.69, 9.17) is 14.2 Å². The molecule has 3 heterocycles. The van der Waals surface area contributed by atoms with E-state index in [-0.39, 0.29) is 18.0 Å². The van der Waals surface area contributed by atoms with Gasteiger partial charge in [0.1, 0.15) is 40.6 Å². The van der Waals surface area contributed by atoms with Gasteiger partial charge in [0.05, 0.1) is 25.7 Å². The highest BCUT2D eigenvalue weighted by Gasteiger charge is 2.26. The van der Waals surface area contributed by atoms with Crippen molar-refractivity contribution in [3.05, 3.63) is 64.2 Å². The molecular weight excluding hydrogens is 481 g/mol. The van der Waals surface area contributed by atoms with Crippen LogP contribution >= 0.6 is 0 Å². The fourth-order valence-electron chi connectivity index (χ4n) is 4.14. The third-order valence-electron chi connectivity index (χ3n) is 5.79. The van der Waals surface area contributed by atoms with Gasteiger partial charge in [-0.15, -0.1) is 0 Å². The molecule has 0 unspecified atom stereocenters. The fourth-order valence-corrected chi connectivity index (χ4v) is 4.14. The number of fused-ring (bicyclic) bond motifs is 2. The lowest BCUT2D eigenvalue weighted by Gasteiger charge is -2.26. The molecule has 10 nitrogen and oxygen atoms in total. The van der Waals surface area contributed by atoms with Gasteiger partial charge in [0, 0.05) is 17.2 Å². The number of carbonyl (C=O) groups is 1. The molecule has 0 fully saturated rings. The number of H-pyrrole nitrogens is 1. The molecule has 0 spiro atoms. The summed E-state index contributed by atoms with van der Waals surface area (Å²) in [6.07, 6.45) is -0.427. The van der Waals surface area contributed by atoms with E-state index in [1.807, 2.05) is 32.9 Å². The van der Waals surface area contributed by atoms with Gasteiger partial charge in [-0.05, 0) is 51.1 Å². The first-order valence-electron chi connectivity index (χ1n) is 11.7. The van der Waals surface area contributed by atoms with Crippen LogP contribution in [-0.2, 0) is 11.3 Å². The van der Waals surface area contributed by atoms with E-state index >= 15 is 0 Å². The summed E-state index contributed by atoms with van der Waals surface area (Å²) in [5.41, 5.74) is 1.40. The smallest absolute Gasteiger partial charge is 0.410 e. The number of hydrogen-bond acceptors (Lipinski definition) is 7. The maximum absolute atomic E-state index is 14.7. The van der Waals surface area contributed by atoms with E-state index in [1.165, 1.54) is 25.3 Å². The van der Waals surface area contributed by atoms with Crippen LogP contribution in [0, 0.1) is 5.82 Å². The molecule has 192 valence electrons. The van der Waals surface area contributed by atoms with Gasteiger partial charge in [-0.2, -0.15) is 14.9 Å². The number of methoxy groups -OCH3 is 1. The zero-order valence-corrected chi connectivity index (χ0v) is 20.9. The van der Waals surface area contributed by atoms with E-state index in [1.54, 1.807) is 17.0 Å². The molecule has 0 saturated heterocycles. The Hall–Kier alpha value is -4.41. The lowest BCUT2D eigenvalue weighted by atomic mass is 10.1. The lowest BCUT2D eigenvalue weighted by Crippen LogP contribution is -2.37. The Morgan fingerprint density at radius 3 is 2.76 bits per heavy atom. The van der Waals surface area contributed by atoms with Crippen molar-refractivity contribution in [3.63, 3.8) is 0 Å². The predicted molar refractivity (Wildman–Crippen MR) is 134 cm³/mol. The minimum Gasteiger partial charge on any atom is -0.494 e. The average Bonchev–Trinajstić information content (AvgIpc) is 3.11. The van der Waals surface area contributed by atoms with Crippen molar-refractivity contribution in [3.8, 4) is 28.4 Å². The fraction of sp³-hybridized carbons (Fsp3) is 0.308. The van der Waals surface area contributed by atoms with E-state index in [2.05, 4.69) is 15.3 Å². The quantitative estimate of drug-likeness (QED) is 0.445. The molecule has 0 saturated carbocycles. The molecular formula is C26H26FN5O5. The molecule has 1 N–H and O–H groups in total. The average molecular weight is 508 g/mol. The van der Waals surface area contributed by atoms with E-state index < -0.39 is 23.1 Å². The Labute approximate surface area is 211 Å². The first-order valence-corrected chi connectivity index (χ1v) is 11.7. The molecule has 4 aromatic rings. The SMILES string of the molecule is COc1cccc(F)c1-n1nc2c(-c3ccc4c(c3)CN(C(=O)OC(C)(C)C)CCO4)n[nH]c2cc1=O. The Bertz CT molecular complexity index is 1560. The first-order chi connectivity index (χ1) is 17.6. The van der Waals surface area contributed by atoms with Gasteiger partial charge in [0.15, 0.2) is 5.82 Å². The van der Waals surface area contributed by atoms with Crippen LogP contribution in [0.4, 0.5) is 9.18 Å². The number of benzene rings is 2. The summed E-state index contributed by atoms with van der Waals surface area (Å²) in [4.78, 5) is 27.1. The second-order valence-corrected chi connectivity index (χ2v) is 9.59. The third-order valence-corrected chi connectivity index (χ3v) is 5.79. The minimum absolute atomic E-state index is 0.0904. The van der Waals surface area contributed by atoms with Gasteiger partial charge in [0.2, 0.25) is 0 Å². The minimum atomic E-state index is -0.650. The van der Waals surface area contributed by atoms with Crippen LogP contribution in [0.1, 0.15) is 26.3 Å². The monoisotopic (exact) mass is 507 g/mol. The summed E-state index contributed by atoms with van der Waals surface area (Å²) in [5.74, 6) is 0.168. The van der Waals surface area contributed by atoms with Crippen molar-refractivity contribution in [2.75, 3.05) is 20.3 Å². The maximum atomic E-state index is 14.7. The van der Waals surface area contributed by atoms with Crippen molar-refractivity contribution in [2.45, 2.75) is 32.9 Å².